The van der Waals surface area contributed by atoms with E-state index < -0.39 is 0 Å². The molecule has 3 fully saturated rings. The zero-order chi connectivity index (χ0) is 11.9. The molecule has 3 aliphatic carbocycles. The predicted molar refractivity (Wildman–Crippen MR) is 62.8 cm³/mol. The van der Waals surface area contributed by atoms with Crippen LogP contribution in [-0.4, -0.2) is 17.6 Å². The highest BCUT2D eigenvalue weighted by molar-refractivity contribution is 5.73. The van der Waals surface area contributed by atoms with Gasteiger partial charge in [0.1, 0.15) is 5.60 Å². The molecule has 0 aromatic heterocycles. The summed E-state index contributed by atoms with van der Waals surface area (Å²) in [6, 6.07) is 0.317. The number of nitrogens with two attached hydrogens (primary N) is 1. The molecule has 3 saturated carbocycles. The number of carbonyl (C=O) groups is 1. The van der Waals surface area contributed by atoms with E-state index in [0.29, 0.717) is 17.9 Å². The number of fused-ring (bicyclic) bond motifs is 3. The molecule has 0 aromatic carbocycles. The largest absolute Gasteiger partial charge is 0.460 e. The van der Waals surface area contributed by atoms with Crippen LogP contribution in [0.25, 0.3) is 0 Å². The molecule has 0 aromatic rings. The maximum Gasteiger partial charge on any atom is 0.309 e. The average Bonchev–Trinajstić information content (AvgIpc) is 2.15. The lowest BCUT2D eigenvalue weighted by Crippen LogP contribution is -2.48. The SMILES string of the molecule is CC(C)(C)OC(=O)C1CC2CCC1CC2N. The normalized spacial score (nSPS) is 38.5. The van der Waals surface area contributed by atoms with Crippen molar-refractivity contribution in [1.82, 2.24) is 0 Å². The molecule has 4 unspecified atom stereocenters. The summed E-state index contributed by atoms with van der Waals surface area (Å²) < 4.78 is 5.49. The van der Waals surface area contributed by atoms with E-state index in [-0.39, 0.29) is 17.5 Å². The third kappa shape index (κ3) is 2.40. The molecule has 0 heterocycles. The van der Waals surface area contributed by atoms with Crippen LogP contribution in [0.2, 0.25) is 0 Å². The Balaban J connectivity index is 1.99. The fraction of sp³-hybridized carbons (Fsp3) is 0.923. The molecule has 0 radical (unpaired) electrons. The van der Waals surface area contributed by atoms with Gasteiger partial charge in [0.05, 0.1) is 5.92 Å². The van der Waals surface area contributed by atoms with E-state index in [2.05, 4.69) is 0 Å². The van der Waals surface area contributed by atoms with Crippen molar-refractivity contribution in [3.8, 4) is 0 Å². The van der Waals surface area contributed by atoms with Gasteiger partial charge in [0, 0.05) is 6.04 Å². The summed E-state index contributed by atoms with van der Waals surface area (Å²) in [6.45, 7) is 5.78. The van der Waals surface area contributed by atoms with Crippen LogP contribution in [0.3, 0.4) is 0 Å². The molecular weight excluding hydrogens is 202 g/mol. The second-order valence-electron chi connectivity index (χ2n) is 6.37. The van der Waals surface area contributed by atoms with Gasteiger partial charge in [-0.3, -0.25) is 4.79 Å². The molecule has 3 rings (SSSR count). The van der Waals surface area contributed by atoms with Crippen molar-refractivity contribution < 1.29 is 9.53 Å². The molecular formula is C13H23NO2. The van der Waals surface area contributed by atoms with E-state index in [9.17, 15) is 4.79 Å². The molecule has 0 aliphatic heterocycles. The van der Waals surface area contributed by atoms with Crippen molar-refractivity contribution in [2.24, 2.45) is 23.5 Å². The lowest BCUT2D eigenvalue weighted by Gasteiger charge is -2.45. The summed E-state index contributed by atoms with van der Waals surface area (Å²) in [7, 11) is 0. The second-order valence-corrected chi connectivity index (χ2v) is 6.37. The second kappa shape index (κ2) is 4.02. The fourth-order valence-corrected chi connectivity index (χ4v) is 3.14. The van der Waals surface area contributed by atoms with Gasteiger partial charge in [-0.25, -0.2) is 0 Å². The van der Waals surface area contributed by atoms with Crippen LogP contribution >= 0.6 is 0 Å². The third-order valence-corrected chi connectivity index (χ3v) is 3.92. The van der Waals surface area contributed by atoms with Gasteiger partial charge in [-0.2, -0.15) is 0 Å². The van der Waals surface area contributed by atoms with E-state index >= 15 is 0 Å². The van der Waals surface area contributed by atoms with Gasteiger partial charge in [-0.05, 0) is 58.3 Å². The molecule has 2 bridgehead atoms. The Morgan fingerprint density at radius 1 is 1.19 bits per heavy atom. The van der Waals surface area contributed by atoms with Crippen LogP contribution in [0, 0.1) is 17.8 Å². The summed E-state index contributed by atoms with van der Waals surface area (Å²) >= 11 is 0. The van der Waals surface area contributed by atoms with E-state index in [0.717, 1.165) is 19.3 Å². The molecule has 0 spiro atoms. The van der Waals surface area contributed by atoms with Gasteiger partial charge in [-0.1, -0.05) is 0 Å². The Bertz CT molecular complexity index is 282. The van der Waals surface area contributed by atoms with Gasteiger partial charge in [-0.15, -0.1) is 0 Å². The smallest absolute Gasteiger partial charge is 0.309 e. The highest BCUT2D eigenvalue weighted by atomic mass is 16.6. The standard InChI is InChI=1S/C13H23NO2/c1-13(2,3)16-12(15)10-6-9-5-4-8(10)7-11(9)14/h8-11H,4-7,14H2,1-3H3. The third-order valence-electron chi connectivity index (χ3n) is 3.92. The molecule has 3 heteroatoms. The minimum Gasteiger partial charge on any atom is -0.460 e. The molecule has 2 N–H and O–H groups in total. The number of hydrogen-bond donors (Lipinski definition) is 1. The first-order valence-corrected chi connectivity index (χ1v) is 6.35. The maximum atomic E-state index is 12.0. The van der Waals surface area contributed by atoms with Crippen LogP contribution in [-0.2, 0) is 9.53 Å². The molecule has 92 valence electrons. The van der Waals surface area contributed by atoms with Crippen LogP contribution in [0.5, 0.6) is 0 Å². The van der Waals surface area contributed by atoms with Gasteiger partial charge < -0.3 is 10.5 Å². The monoisotopic (exact) mass is 225 g/mol. The quantitative estimate of drug-likeness (QED) is 0.695. The van der Waals surface area contributed by atoms with Crippen molar-refractivity contribution >= 4 is 5.97 Å². The van der Waals surface area contributed by atoms with Crippen molar-refractivity contribution in [3.63, 3.8) is 0 Å². The number of esters is 1. The minimum atomic E-state index is -0.365. The van der Waals surface area contributed by atoms with Crippen LogP contribution < -0.4 is 5.73 Å². The first-order valence-electron chi connectivity index (χ1n) is 6.35. The molecule has 0 amide bonds. The lowest BCUT2D eigenvalue weighted by atomic mass is 9.62. The molecule has 0 saturated heterocycles. The topological polar surface area (TPSA) is 52.3 Å². The average molecular weight is 225 g/mol. The summed E-state index contributed by atoms with van der Waals surface area (Å²) in [6.07, 6.45) is 4.31. The summed E-state index contributed by atoms with van der Waals surface area (Å²) in [5.74, 6) is 1.12. The number of hydrogen-bond acceptors (Lipinski definition) is 3. The molecule has 16 heavy (non-hydrogen) atoms. The summed E-state index contributed by atoms with van der Waals surface area (Å²) in [5.41, 5.74) is 5.69. The Labute approximate surface area is 97.7 Å². The first kappa shape index (κ1) is 11.9. The van der Waals surface area contributed by atoms with Crippen LogP contribution in [0.4, 0.5) is 0 Å². The van der Waals surface area contributed by atoms with E-state index in [1.807, 2.05) is 20.8 Å². The molecule has 3 nitrogen and oxygen atoms in total. The van der Waals surface area contributed by atoms with Gasteiger partial charge >= 0.3 is 5.97 Å². The maximum absolute atomic E-state index is 12.0. The fourth-order valence-electron chi connectivity index (χ4n) is 3.14. The highest BCUT2D eigenvalue weighted by Crippen LogP contribution is 2.45. The first-order chi connectivity index (χ1) is 7.37. The Kier molecular flexibility index (Phi) is 2.99. The van der Waals surface area contributed by atoms with E-state index in [4.69, 9.17) is 10.5 Å². The Morgan fingerprint density at radius 3 is 2.25 bits per heavy atom. The zero-order valence-electron chi connectivity index (χ0n) is 10.5. The Hall–Kier alpha value is -0.570. The number of rotatable bonds is 1. The van der Waals surface area contributed by atoms with Gasteiger partial charge in [0.25, 0.3) is 0 Å². The minimum absolute atomic E-state index is 0.00546. The Morgan fingerprint density at radius 2 is 1.81 bits per heavy atom. The van der Waals surface area contributed by atoms with Crippen molar-refractivity contribution in [1.29, 1.82) is 0 Å². The van der Waals surface area contributed by atoms with Gasteiger partial charge in [0.2, 0.25) is 0 Å². The lowest BCUT2D eigenvalue weighted by molar-refractivity contribution is -0.166. The van der Waals surface area contributed by atoms with Crippen molar-refractivity contribution in [2.75, 3.05) is 0 Å². The number of ether oxygens (including phenoxy) is 1. The van der Waals surface area contributed by atoms with E-state index in [1.165, 1.54) is 6.42 Å². The van der Waals surface area contributed by atoms with Crippen molar-refractivity contribution in [2.45, 2.75) is 58.1 Å². The zero-order valence-corrected chi connectivity index (χ0v) is 10.5. The molecule has 3 aliphatic rings. The highest BCUT2D eigenvalue weighted by Gasteiger charge is 2.44. The van der Waals surface area contributed by atoms with Crippen LogP contribution in [0.1, 0.15) is 46.5 Å². The summed E-state index contributed by atoms with van der Waals surface area (Å²) in [4.78, 5) is 12.0. The number of carbonyl (C=O) groups excluding carboxylic acids is 1. The predicted octanol–water partition coefficient (Wildman–Crippen LogP) is 2.09. The van der Waals surface area contributed by atoms with E-state index in [1.54, 1.807) is 0 Å². The van der Waals surface area contributed by atoms with Crippen molar-refractivity contribution in [3.05, 3.63) is 0 Å². The van der Waals surface area contributed by atoms with Crippen LogP contribution in [0.15, 0.2) is 0 Å². The summed E-state index contributed by atoms with van der Waals surface area (Å²) in [5, 5.41) is 0. The molecule has 4 atom stereocenters. The van der Waals surface area contributed by atoms with Gasteiger partial charge in [0.15, 0.2) is 0 Å².